The van der Waals surface area contributed by atoms with Crippen LogP contribution in [0.5, 0.6) is 5.75 Å². The van der Waals surface area contributed by atoms with E-state index in [1.807, 2.05) is 26.0 Å². The Kier molecular flexibility index (Phi) is 4.56. The Morgan fingerprint density at radius 3 is 2.58 bits per heavy atom. The molecule has 0 spiro atoms. The normalized spacial score (nSPS) is 14.1. The number of ether oxygens (including phenoxy) is 1. The van der Waals surface area contributed by atoms with Crippen LogP contribution in [0.3, 0.4) is 0 Å². The maximum absolute atomic E-state index is 13.7. The SMILES string of the molecule is CCC(N)C(Oc1ccccc1F)c1ccc(C)s1. The second-order valence-electron chi connectivity index (χ2n) is 4.49. The molecule has 1 aromatic heterocycles. The Morgan fingerprint density at radius 2 is 2.00 bits per heavy atom. The summed E-state index contributed by atoms with van der Waals surface area (Å²) < 4.78 is 19.5. The van der Waals surface area contributed by atoms with Crippen LogP contribution < -0.4 is 10.5 Å². The average Bonchev–Trinajstić information content (AvgIpc) is 2.83. The highest BCUT2D eigenvalue weighted by Gasteiger charge is 2.23. The fourth-order valence-electron chi connectivity index (χ4n) is 1.85. The standard InChI is InChI=1S/C15H18FNOS/c1-3-12(17)15(14-9-8-10(2)19-14)18-13-7-5-4-6-11(13)16/h4-9,12,15H,3,17H2,1-2H3. The van der Waals surface area contributed by atoms with Crippen molar-refractivity contribution in [3.05, 3.63) is 52.0 Å². The molecule has 0 radical (unpaired) electrons. The Labute approximate surface area is 117 Å². The summed E-state index contributed by atoms with van der Waals surface area (Å²) >= 11 is 1.64. The third-order valence-electron chi connectivity index (χ3n) is 2.99. The van der Waals surface area contributed by atoms with Crippen LogP contribution >= 0.6 is 11.3 Å². The van der Waals surface area contributed by atoms with E-state index in [0.717, 1.165) is 11.3 Å². The van der Waals surface area contributed by atoms with E-state index in [1.165, 1.54) is 10.9 Å². The van der Waals surface area contributed by atoms with Gasteiger partial charge in [-0.1, -0.05) is 19.1 Å². The van der Waals surface area contributed by atoms with E-state index in [4.69, 9.17) is 10.5 Å². The van der Waals surface area contributed by atoms with Crippen molar-refractivity contribution in [3.8, 4) is 5.75 Å². The van der Waals surface area contributed by atoms with Crippen molar-refractivity contribution >= 4 is 11.3 Å². The van der Waals surface area contributed by atoms with Gasteiger partial charge in [0.15, 0.2) is 11.6 Å². The zero-order valence-corrected chi connectivity index (χ0v) is 11.9. The molecule has 2 unspecified atom stereocenters. The van der Waals surface area contributed by atoms with E-state index < -0.39 is 0 Å². The monoisotopic (exact) mass is 279 g/mol. The summed E-state index contributed by atoms with van der Waals surface area (Å²) in [5.74, 6) is -0.105. The van der Waals surface area contributed by atoms with E-state index in [2.05, 4.69) is 0 Å². The molecule has 1 heterocycles. The number of thiophene rings is 1. The van der Waals surface area contributed by atoms with Crippen molar-refractivity contribution in [2.75, 3.05) is 0 Å². The lowest BCUT2D eigenvalue weighted by Gasteiger charge is -2.23. The smallest absolute Gasteiger partial charge is 0.165 e. The molecule has 0 saturated heterocycles. The second-order valence-corrected chi connectivity index (χ2v) is 5.81. The van der Waals surface area contributed by atoms with Crippen LogP contribution in [0, 0.1) is 12.7 Å². The van der Waals surface area contributed by atoms with Crippen LogP contribution in [0.4, 0.5) is 4.39 Å². The zero-order chi connectivity index (χ0) is 13.8. The lowest BCUT2D eigenvalue weighted by molar-refractivity contribution is 0.167. The molecule has 4 heteroatoms. The molecular formula is C15H18FNOS. The molecule has 2 N–H and O–H groups in total. The van der Waals surface area contributed by atoms with Gasteiger partial charge in [0.1, 0.15) is 6.10 Å². The molecule has 0 aliphatic carbocycles. The van der Waals surface area contributed by atoms with Gasteiger partial charge in [0.25, 0.3) is 0 Å². The van der Waals surface area contributed by atoms with E-state index in [-0.39, 0.29) is 23.7 Å². The molecule has 0 aliphatic heterocycles. The average molecular weight is 279 g/mol. The van der Waals surface area contributed by atoms with Crippen molar-refractivity contribution in [2.45, 2.75) is 32.4 Å². The van der Waals surface area contributed by atoms with Crippen LogP contribution in [-0.2, 0) is 0 Å². The van der Waals surface area contributed by atoms with Crippen molar-refractivity contribution in [1.29, 1.82) is 0 Å². The first kappa shape index (κ1) is 14.0. The van der Waals surface area contributed by atoms with E-state index in [9.17, 15) is 4.39 Å². The second kappa shape index (κ2) is 6.17. The highest BCUT2D eigenvalue weighted by atomic mass is 32.1. The quantitative estimate of drug-likeness (QED) is 0.896. The maximum Gasteiger partial charge on any atom is 0.165 e. The third kappa shape index (κ3) is 3.33. The predicted molar refractivity (Wildman–Crippen MR) is 77.1 cm³/mol. The van der Waals surface area contributed by atoms with Gasteiger partial charge in [-0.15, -0.1) is 11.3 Å². The van der Waals surface area contributed by atoms with Gasteiger partial charge in [-0.25, -0.2) is 4.39 Å². The summed E-state index contributed by atoms with van der Waals surface area (Å²) in [6, 6.07) is 10.3. The summed E-state index contributed by atoms with van der Waals surface area (Å²) in [6.07, 6.45) is 0.469. The minimum absolute atomic E-state index is 0.155. The number of para-hydroxylation sites is 1. The first-order valence-electron chi connectivity index (χ1n) is 6.35. The number of aryl methyl sites for hydroxylation is 1. The van der Waals surface area contributed by atoms with Crippen LogP contribution in [-0.4, -0.2) is 6.04 Å². The fraction of sp³-hybridized carbons (Fsp3) is 0.333. The van der Waals surface area contributed by atoms with Gasteiger partial charge >= 0.3 is 0 Å². The van der Waals surface area contributed by atoms with Crippen LogP contribution in [0.1, 0.15) is 29.2 Å². The molecule has 0 amide bonds. The molecule has 1 aromatic carbocycles. The molecule has 2 aromatic rings. The summed E-state index contributed by atoms with van der Waals surface area (Å²) in [5.41, 5.74) is 6.12. The van der Waals surface area contributed by atoms with Crippen LogP contribution in [0.2, 0.25) is 0 Å². The number of hydrogen-bond donors (Lipinski definition) is 1. The third-order valence-corrected chi connectivity index (χ3v) is 4.05. The molecule has 0 fully saturated rings. The highest BCUT2D eigenvalue weighted by molar-refractivity contribution is 7.12. The Hall–Kier alpha value is -1.39. The highest BCUT2D eigenvalue weighted by Crippen LogP contribution is 2.31. The number of rotatable bonds is 5. The van der Waals surface area contributed by atoms with Gasteiger partial charge in [-0.3, -0.25) is 0 Å². The van der Waals surface area contributed by atoms with Crippen molar-refractivity contribution in [3.63, 3.8) is 0 Å². The molecule has 0 bridgehead atoms. The summed E-state index contributed by atoms with van der Waals surface area (Å²) in [7, 11) is 0. The van der Waals surface area contributed by atoms with Crippen LogP contribution in [0.25, 0.3) is 0 Å². The summed E-state index contributed by atoms with van der Waals surface area (Å²) in [4.78, 5) is 2.23. The summed E-state index contributed by atoms with van der Waals surface area (Å²) in [6.45, 7) is 4.04. The number of nitrogens with two attached hydrogens (primary N) is 1. The van der Waals surface area contributed by atoms with Gasteiger partial charge < -0.3 is 10.5 Å². The largest absolute Gasteiger partial charge is 0.480 e. The van der Waals surface area contributed by atoms with Crippen LogP contribution in [0.15, 0.2) is 36.4 Å². The molecule has 19 heavy (non-hydrogen) atoms. The van der Waals surface area contributed by atoms with Gasteiger partial charge in [0.05, 0.1) is 0 Å². The van der Waals surface area contributed by atoms with Crippen molar-refractivity contribution < 1.29 is 9.13 Å². The fourth-order valence-corrected chi connectivity index (χ4v) is 2.84. The molecule has 2 rings (SSSR count). The van der Waals surface area contributed by atoms with E-state index in [1.54, 1.807) is 29.5 Å². The molecule has 0 aliphatic rings. The lowest BCUT2D eigenvalue weighted by Crippen LogP contribution is -2.31. The Bertz CT molecular complexity index is 540. The Balaban J connectivity index is 2.27. The van der Waals surface area contributed by atoms with Gasteiger partial charge in [0, 0.05) is 15.8 Å². The number of halogens is 1. The summed E-state index contributed by atoms with van der Waals surface area (Å²) in [5, 5.41) is 0. The van der Waals surface area contributed by atoms with Crippen molar-refractivity contribution in [2.24, 2.45) is 5.73 Å². The van der Waals surface area contributed by atoms with Crippen molar-refractivity contribution in [1.82, 2.24) is 0 Å². The molecular weight excluding hydrogens is 261 g/mol. The van der Waals surface area contributed by atoms with E-state index in [0.29, 0.717) is 0 Å². The van der Waals surface area contributed by atoms with Gasteiger partial charge in [0.2, 0.25) is 0 Å². The minimum Gasteiger partial charge on any atom is -0.480 e. The maximum atomic E-state index is 13.7. The molecule has 2 atom stereocenters. The molecule has 0 saturated carbocycles. The lowest BCUT2D eigenvalue weighted by atomic mass is 10.1. The number of benzene rings is 1. The molecule has 102 valence electrons. The first-order chi connectivity index (χ1) is 9.11. The Morgan fingerprint density at radius 1 is 1.26 bits per heavy atom. The molecule has 2 nitrogen and oxygen atoms in total. The van der Waals surface area contributed by atoms with Gasteiger partial charge in [-0.05, 0) is 37.6 Å². The number of hydrogen-bond acceptors (Lipinski definition) is 3. The zero-order valence-electron chi connectivity index (χ0n) is 11.1. The predicted octanol–water partition coefficient (Wildman–Crippen LogP) is 4.05. The topological polar surface area (TPSA) is 35.2 Å². The first-order valence-corrected chi connectivity index (χ1v) is 7.16. The minimum atomic E-state index is -0.357. The van der Waals surface area contributed by atoms with Gasteiger partial charge in [-0.2, -0.15) is 0 Å². The van der Waals surface area contributed by atoms with E-state index >= 15 is 0 Å².